The van der Waals surface area contributed by atoms with E-state index in [-0.39, 0.29) is 0 Å². The fourth-order valence-corrected chi connectivity index (χ4v) is 2.70. The average molecular weight is 328 g/mol. The number of hydrogen-bond donors (Lipinski definition) is 0. The van der Waals surface area contributed by atoms with Crippen molar-refractivity contribution in [2.24, 2.45) is 0 Å². The van der Waals surface area contributed by atoms with Gasteiger partial charge in [0.15, 0.2) is 0 Å². The minimum atomic E-state index is 0.563. The second kappa shape index (κ2) is 8.11. The Hall–Kier alpha value is -3.13. The summed E-state index contributed by atoms with van der Waals surface area (Å²) in [5, 5.41) is 0. The first-order valence-electron chi connectivity index (χ1n) is 8.26. The SMILES string of the molecule is Cc1cc(-c2cccc(C=CC=O)c2)ccc1OCc1ccccc1. The van der Waals surface area contributed by atoms with E-state index in [9.17, 15) is 4.79 Å². The van der Waals surface area contributed by atoms with E-state index in [0.717, 1.165) is 39.9 Å². The molecular formula is C23H20O2. The van der Waals surface area contributed by atoms with Crippen LogP contribution in [-0.2, 0) is 11.4 Å². The van der Waals surface area contributed by atoms with E-state index in [0.29, 0.717) is 6.61 Å². The minimum absolute atomic E-state index is 0.563. The van der Waals surface area contributed by atoms with Crippen molar-refractivity contribution in [2.45, 2.75) is 13.5 Å². The zero-order valence-electron chi connectivity index (χ0n) is 14.2. The molecule has 124 valence electrons. The number of carbonyl (C=O) groups excluding carboxylic acids is 1. The number of hydrogen-bond acceptors (Lipinski definition) is 2. The third-order valence-corrected chi connectivity index (χ3v) is 4.00. The van der Waals surface area contributed by atoms with Gasteiger partial charge in [-0.3, -0.25) is 4.79 Å². The highest BCUT2D eigenvalue weighted by Crippen LogP contribution is 2.27. The van der Waals surface area contributed by atoms with Gasteiger partial charge in [0.2, 0.25) is 0 Å². The Labute approximate surface area is 148 Å². The molecule has 0 unspecified atom stereocenters. The van der Waals surface area contributed by atoms with Gasteiger partial charge in [-0.1, -0.05) is 60.7 Å². The highest BCUT2D eigenvalue weighted by Gasteiger charge is 2.04. The summed E-state index contributed by atoms with van der Waals surface area (Å²) in [6, 6.07) is 24.5. The molecule has 0 saturated carbocycles. The molecule has 25 heavy (non-hydrogen) atoms. The number of benzene rings is 3. The molecule has 0 aliphatic rings. The van der Waals surface area contributed by atoms with Crippen molar-refractivity contribution in [3.8, 4) is 16.9 Å². The van der Waals surface area contributed by atoms with Crippen LogP contribution in [-0.4, -0.2) is 6.29 Å². The molecule has 2 heteroatoms. The van der Waals surface area contributed by atoms with Crippen LogP contribution in [0.4, 0.5) is 0 Å². The number of carbonyl (C=O) groups is 1. The van der Waals surface area contributed by atoms with Crippen LogP contribution in [0.1, 0.15) is 16.7 Å². The summed E-state index contributed by atoms with van der Waals surface area (Å²) in [6.45, 7) is 2.62. The normalized spacial score (nSPS) is 10.8. The van der Waals surface area contributed by atoms with E-state index in [4.69, 9.17) is 4.74 Å². The highest BCUT2D eigenvalue weighted by molar-refractivity contribution is 5.76. The molecule has 0 aromatic heterocycles. The molecule has 0 bridgehead atoms. The zero-order chi connectivity index (χ0) is 17.5. The van der Waals surface area contributed by atoms with Crippen LogP contribution in [0.15, 0.2) is 78.9 Å². The first-order chi connectivity index (χ1) is 12.3. The number of ether oxygens (including phenoxy) is 1. The molecule has 0 N–H and O–H groups in total. The molecule has 0 fully saturated rings. The Morgan fingerprint density at radius 2 is 1.68 bits per heavy atom. The number of aryl methyl sites for hydroxylation is 1. The smallest absolute Gasteiger partial charge is 0.142 e. The van der Waals surface area contributed by atoms with E-state index < -0.39 is 0 Å². The fourth-order valence-electron chi connectivity index (χ4n) is 2.70. The lowest BCUT2D eigenvalue weighted by Crippen LogP contribution is -1.96. The molecule has 0 atom stereocenters. The molecule has 0 aliphatic heterocycles. The molecule has 2 nitrogen and oxygen atoms in total. The standard InChI is InChI=1S/C23H20O2/c1-18-15-22(21-11-5-9-19(16-21)10-6-14-24)12-13-23(18)25-17-20-7-3-2-4-8-20/h2-16H,17H2,1H3. The molecule has 0 saturated heterocycles. The molecule has 0 aliphatic carbocycles. The van der Waals surface area contributed by atoms with E-state index in [1.165, 1.54) is 6.08 Å². The zero-order valence-corrected chi connectivity index (χ0v) is 14.2. The highest BCUT2D eigenvalue weighted by atomic mass is 16.5. The summed E-state index contributed by atoms with van der Waals surface area (Å²) in [4.78, 5) is 10.5. The van der Waals surface area contributed by atoms with Crippen LogP contribution in [0.25, 0.3) is 17.2 Å². The second-order valence-corrected chi connectivity index (χ2v) is 5.88. The summed E-state index contributed by atoms with van der Waals surface area (Å²) in [7, 11) is 0. The molecule has 3 aromatic carbocycles. The summed E-state index contributed by atoms with van der Waals surface area (Å²) in [6.07, 6.45) is 4.10. The van der Waals surface area contributed by atoms with Crippen molar-refractivity contribution < 1.29 is 9.53 Å². The predicted octanol–water partition coefficient (Wildman–Crippen LogP) is 5.45. The van der Waals surface area contributed by atoms with E-state index in [1.54, 1.807) is 6.08 Å². The summed E-state index contributed by atoms with van der Waals surface area (Å²) in [5.74, 6) is 0.893. The summed E-state index contributed by atoms with van der Waals surface area (Å²) in [5.41, 5.74) is 5.51. The van der Waals surface area contributed by atoms with Crippen LogP contribution >= 0.6 is 0 Å². The third kappa shape index (κ3) is 4.45. The fraction of sp³-hybridized carbons (Fsp3) is 0.0870. The number of rotatable bonds is 6. The van der Waals surface area contributed by atoms with E-state index in [2.05, 4.69) is 43.3 Å². The Morgan fingerprint density at radius 1 is 0.880 bits per heavy atom. The van der Waals surface area contributed by atoms with Gasteiger partial charge in [-0.2, -0.15) is 0 Å². The lowest BCUT2D eigenvalue weighted by molar-refractivity contribution is -0.104. The average Bonchev–Trinajstić information content (AvgIpc) is 2.66. The van der Waals surface area contributed by atoms with Crippen molar-refractivity contribution in [1.82, 2.24) is 0 Å². The number of allylic oxidation sites excluding steroid dienone is 1. The molecule has 0 heterocycles. The van der Waals surface area contributed by atoms with Crippen LogP contribution in [0, 0.1) is 6.92 Å². The maximum absolute atomic E-state index is 10.5. The Morgan fingerprint density at radius 3 is 2.44 bits per heavy atom. The molecule has 0 spiro atoms. The molecule has 3 rings (SSSR count). The van der Waals surface area contributed by atoms with Crippen molar-refractivity contribution in [3.63, 3.8) is 0 Å². The molecule has 0 radical (unpaired) electrons. The van der Waals surface area contributed by atoms with Crippen LogP contribution in [0.2, 0.25) is 0 Å². The quantitative estimate of drug-likeness (QED) is 0.444. The van der Waals surface area contributed by atoms with Crippen LogP contribution in [0.3, 0.4) is 0 Å². The van der Waals surface area contributed by atoms with Gasteiger partial charge in [0, 0.05) is 0 Å². The van der Waals surface area contributed by atoms with Gasteiger partial charge in [0.25, 0.3) is 0 Å². The summed E-state index contributed by atoms with van der Waals surface area (Å²) >= 11 is 0. The maximum Gasteiger partial charge on any atom is 0.142 e. The molecular weight excluding hydrogens is 308 g/mol. The first-order valence-corrected chi connectivity index (χ1v) is 8.26. The minimum Gasteiger partial charge on any atom is -0.489 e. The van der Waals surface area contributed by atoms with E-state index in [1.807, 2.05) is 36.4 Å². The Kier molecular flexibility index (Phi) is 5.43. The maximum atomic E-state index is 10.5. The monoisotopic (exact) mass is 328 g/mol. The Balaban J connectivity index is 1.77. The topological polar surface area (TPSA) is 26.3 Å². The molecule has 3 aromatic rings. The van der Waals surface area contributed by atoms with Gasteiger partial charge in [-0.25, -0.2) is 0 Å². The second-order valence-electron chi connectivity index (χ2n) is 5.88. The van der Waals surface area contributed by atoms with Crippen molar-refractivity contribution in [2.75, 3.05) is 0 Å². The lowest BCUT2D eigenvalue weighted by atomic mass is 10.0. The largest absolute Gasteiger partial charge is 0.489 e. The lowest BCUT2D eigenvalue weighted by Gasteiger charge is -2.11. The van der Waals surface area contributed by atoms with Gasteiger partial charge in [-0.05, 0) is 59.0 Å². The van der Waals surface area contributed by atoms with Crippen LogP contribution < -0.4 is 4.74 Å². The first kappa shape index (κ1) is 16.7. The van der Waals surface area contributed by atoms with Gasteiger partial charge in [-0.15, -0.1) is 0 Å². The Bertz CT molecular complexity index is 880. The van der Waals surface area contributed by atoms with Gasteiger partial charge < -0.3 is 4.74 Å². The predicted molar refractivity (Wildman–Crippen MR) is 102 cm³/mol. The number of aldehydes is 1. The third-order valence-electron chi connectivity index (χ3n) is 4.00. The van der Waals surface area contributed by atoms with Crippen molar-refractivity contribution in [1.29, 1.82) is 0 Å². The van der Waals surface area contributed by atoms with Crippen molar-refractivity contribution in [3.05, 3.63) is 95.6 Å². The van der Waals surface area contributed by atoms with Crippen LogP contribution in [0.5, 0.6) is 5.75 Å². The van der Waals surface area contributed by atoms with Gasteiger partial charge >= 0.3 is 0 Å². The van der Waals surface area contributed by atoms with Gasteiger partial charge in [0.1, 0.15) is 18.6 Å². The molecule has 0 amide bonds. The summed E-state index contributed by atoms with van der Waals surface area (Å²) < 4.78 is 5.94. The van der Waals surface area contributed by atoms with Gasteiger partial charge in [0.05, 0.1) is 0 Å². The van der Waals surface area contributed by atoms with E-state index >= 15 is 0 Å². The van der Waals surface area contributed by atoms with Crippen molar-refractivity contribution >= 4 is 12.4 Å².